The Morgan fingerprint density at radius 3 is 2.13 bits per heavy atom. The van der Waals surface area contributed by atoms with Crippen LogP contribution in [0.25, 0.3) is 22.2 Å². The van der Waals surface area contributed by atoms with Crippen molar-refractivity contribution in [2.45, 2.75) is 53.7 Å². The van der Waals surface area contributed by atoms with Crippen molar-refractivity contribution in [3.63, 3.8) is 0 Å². The second-order valence-corrected chi connectivity index (χ2v) is 13.2. The fourth-order valence-corrected chi connectivity index (χ4v) is 5.98. The van der Waals surface area contributed by atoms with Crippen LogP contribution in [0.4, 0.5) is 0 Å². The van der Waals surface area contributed by atoms with Crippen LogP contribution in [0.3, 0.4) is 0 Å². The van der Waals surface area contributed by atoms with E-state index in [9.17, 15) is 4.79 Å². The highest BCUT2D eigenvalue weighted by molar-refractivity contribution is 5.92. The van der Waals surface area contributed by atoms with Crippen LogP contribution in [0.1, 0.15) is 50.3 Å². The van der Waals surface area contributed by atoms with E-state index in [-0.39, 0.29) is 5.97 Å². The number of rotatable bonds is 11. The third-order valence-corrected chi connectivity index (χ3v) is 8.63. The molecule has 0 N–H and O–H groups in total. The number of benzene rings is 4. The Morgan fingerprint density at radius 2 is 1.43 bits per heavy atom. The smallest absolute Gasteiger partial charge is 0.316 e. The lowest BCUT2D eigenvalue weighted by atomic mass is 9.97. The summed E-state index contributed by atoms with van der Waals surface area (Å²) >= 11 is 0. The van der Waals surface area contributed by atoms with Crippen LogP contribution in [0.5, 0.6) is 17.2 Å². The molecule has 0 amide bonds. The number of carbonyl (C=O) groups is 1. The molecule has 6 nitrogen and oxygen atoms in total. The number of aryl methyl sites for hydroxylation is 1. The summed E-state index contributed by atoms with van der Waals surface area (Å²) in [5.74, 6) is 2.03. The van der Waals surface area contributed by atoms with Crippen molar-refractivity contribution in [3.8, 4) is 28.5 Å². The second kappa shape index (κ2) is 13.8. The van der Waals surface area contributed by atoms with Gasteiger partial charge >= 0.3 is 5.97 Å². The van der Waals surface area contributed by atoms with Gasteiger partial charge in [0.15, 0.2) is 0 Å². The maximum absolute atomic E-state index is 12.5. The molecule has 6 rings (SSSR count). The third-order valence-electron chi connectivity index (χ3n) is 8.63. The number of ether oxygens (including phenoxy) is 3. The van der Waals surface area contributed by atoms with Crippen molar-refractivity contribution in [2.75, 3.05) is 26.2 Å². The van der Waals surface area contributed by atoms with E-state index >= 15 is 0 Å². The number of fused-ring (bicyclic) bond motifs is 1. The van der Waals surface area contributed by atoms with Crippen LogP contribution in [-0.4, -0.2) is 41.7 Å². The molecule has 0 saturated carbocycles. The largest absolute Gasteiger partial charge is 0.492 e. The van der Waals surface area contributed by atoms with Crippen LogP contribution in [0, 0.1) is 12.3 Å². The first kappa shape index (κ1) is 31.4. The van der Waals surface area contributed by atoms with E-state index in [4.69, 9.17) is 14.2 Å². The minimum Gasteiger partial charge on any atom is -0.492 e. The molecule has 6 heteroatoms. The molecule has 0 radical (unpaired) electrons. The van der Waals surface area contributed by atoms with Crippen LogP contribution in [-0.2, 0) is 17.9 Å². The summed E-state index contributed by atoms with van der Waals surface area (Å²) < 4.78 is 20.3. The number of carbonyl (C=O) groups excluding carboxylic acids is 1. The molecule has 0 aliphatic carbocycles. The van der Waals surface area contributed by atoms with Crippen molar-refractivity contribution in [1.29, 1.82) is 0 Å². The van der Waals surface area contributed by atoms with Gasteiger partial charge in [-0.1, -0.05) is 42.5 Å². The molecule has 238 valence electrons. The van der Waals surface area contributed by atoms with Crippen molar-refractivity contribution < 1.29 is 19.0 Å². The van der Waals surface area contributed by atoms with Crippen molar-refractivity contribution in [2.24, 2.45) is 5.41 Å². The molecule has 1 saturated heterocycles. The second-order valence-electron chi connectivity index (χ2n) is 13.2. The van der Waals surface area contributed by atoms with Crippen LogP contribution in [0.15, 0.2) is 97.1 Å². The zero-order valence-electron chi connectivity index (χ0n) is 27.4. The van der Waals surface area contributed by atoms with Gasteiger partial charge in [-0.2, -0.15) is 0 Å². The topological polar surface area (TPSA) is 52.9 Å². The maximum atomic E-state index is 12.5. The monoisotopic (exact) mass is 616 g/mol. The number of likely N-dealkylation sites (tertiary alicyclic amines) is 1. The van der Waals surface area contributed by atoms with E-state index in [1.807, 2.05) is 63.2 Å². The predicted octanol–water partition coefficient (Wildman–Crippen LogP) is 8.67. The first-order valence-corrected chi connectivity index (χ1v) is 16.3. The fraction of sp³-hybridized carbons (Fsp3) is 0.325. The average Bonchev–Trinajstić information content (AvgIpc) is 3.67. The van der Waals surface area contributed by atoms with Crippen molar-refractivity contribution in [1.82, 2.24) is 9.47 Å². The number of nitrogens with zero attached hydrogens (tertiary/aromatic N) is 2. The Bertz CT molecular complexity index is 1760. The summed E-state index contributed by atoms with van der Waals surface area (Å²) in [6.07, 6.45) is 2.59. The molecule has 1 aromatic heterocycles. The lowest BCUT2D eigenvalue weighted by Crippen LogP contribution is -2.25. The van der Waals surface area contributed by atoms with Crippen LogP contribution < -0.4 is 14.2 Å². The van der Waals surface area contributed by atoms with E-state index < -0.39 is 5.41 Å². The fourth-order valence-electron chi connectivity index (χ4n) is 5.98. The van der Waals surface area contributed by atoms with Gasteiger partial charge in [-0.25, -0.2) is 0 Å². The molecular weight excluding hydrogens is 572 g/mol. The molecule has 1 aliphatic heterocycles. The Morgan fingerprint density at radius 1 is 0.761 bits per heavy atom. The maximum Gasteiger partial charge on any atom is 0.316 e. The molecule has 0 unspecified atom stereocenters. The quantitative estimate of drug-likeness (QED) is 0.110. The standard InChI is InChI=1S/C40H44N2O4/c1-29-36-26-35(45-28-31-10-6-5-7-11-31)20-21-37(36)42(38(29)32-14-18-34(19-15-32)46-39(43)40(2,3)4)27-30-12-16-33(17-13-30)44-25-24-41-22-8-9-23-41/h5-7,10-21,26H,8-9,22-25,27-28H2,1-4H3. The predicted molar refractivity (Wildman–Crippen MR) is 185 cm³/mol. The van der Waals surface area contributed by atoms with Gasteiger partial charge in [-0.05, 0) is 130 Å². The van der Waals surface area contributed by atoms with Gasteiger partial charge < -0.3 is 18.8 Å². The summed E-state index contributed by atoms with van der Waals surface area (Å²) in [5.41, 5.74) is 6.22. The van der Waals surface area contributed by atoms with Gasteiger partial charge in [0.25, 0.3) is 0 Å². The Hall–Kier alpha value is -4.55. The lowest BCUT2D eigenvalue weighted by Gasteiger charge is -2.17. The summed E-state index contributed by atoms with van der Waals surface area (Å²) in [7, 11) is 0. The van der Waals surface area contributed by atoms with E-state index in [0.29, 0.717) is 25.5 Å². The summed E-state index contributed by atoms with van der Waals surface area (Å²) in [5, 5.41) is 1.14. The Kier molecular flexibility index (Phi) is 9.46. The van der Waals surface area contributed by atoms with Gasteiger partial charge in [0.2, 0.25) is 0 Å². The number of aromatic nitrogens is 1. The van der Waals surface area contributed by atoms with Gasteiger partial charge in [0, 0.05) is 24.0 Å². The van der Waals surface area contributed by atoms with Gasteiger partial charge in [0.05, 0.1) is 11.1 Å². The normalized spacial score (nSPS) is 13.7. The van der Waals surface area contributed by atoms with Gasteiger partial charge in [0.1, 0.15) is 30.5 Å². The van der Waals surface area contributed by atoms with Gasteiger partial charge in [-0.3, -0.25) is 9.69 Å². The summed E-state index contributed by atoms with van der Waals surface area (Å²) in [6.45, 7) is 13.0. The molecule has 4 aromatic carbocycles. The van der Waals surface area contributed by atoms with E-state index in [1.165, 1.54) is 37.1 Å². The molecule has 2 heterocycles. The van der Waals surface area contributed by atoms with Crippen molar-refractivity contribution >= 4 is 16.9 Å². The molecule has 46 heavy (non-hydrogen) atoms. The van der Waals surface area contributed by atoms with E-state index in [2.05, 4.69) is 71.0 Å². The Labute approximate surface area is 272 Å². The molecule has 1 aliphatic rings. The first-order chi connectivity index (χ1) is 22.2. The third kappa shape index (κ3) is 7.45. The van der Waals surface area contributed by atoms with Crippen molar-refractivity contribution in [3.05, 3.63) is 114 Å². The molecule has 1 fully saturated rings. The van der Waals surface area contributed by atoms with Crippen LogP contribution >= 0.6 is 0 Å². The molecular formula is C40H44N2O4. The highest BCUT2D eigenvalue weighted by Crippen LogP contribution is 2.37. The molecule has 0 spiro atoms. The Balaban J connectivity index is 1.27. The minimum absolute atomic E-state index is 0.253. The highest BCUT2D eigenvalue weighted by Gasteiger charge is 2.24. The average molecular weight is 617 g/mol. The minimum atomic E-state index is -0.573. The molecule has 5 aromatic rings. The first-order valence-electron chi connectivity index (χ1n) is 16.3. The number of hydrogen-bond donors (Lipinski definition) is 0. The zero-order valence-corrected chi connectivity index (χ0v) is 27.4. The van der Waals surface area contributed by atoms with E-state index in [0.717, 1.165) is 45.8 Å². The molecule has 0 bridgehead atoms. The zero-order chi connectivity index (χ0) is 32.1. The molecule has 0 atom stereocenters. The van der Waals surface area contributed by atoms with Gasteiger partial charge in [-0.15, -0.1) is 0 Å². The lowest BCUT2D eigenvalue weighted by molar-refractivity contribution is -0.143. The number of esters is 1. The summed E-state index contributed by atoms with van der Waals surface area (Å²) in [4.78, 5) is 15.0. The highest BCUT2D eigenvalue weighted by atomic mass is 16.5. The summed E-state index contributed by atoms with van der Waals surface area (Å²) in [6, 6.07) is 32.9. The van der Waals surface area contributed by atoms with Crippen LogP contribution in [0.2, 0.25) is 0 Å². The van der Waals surface area contributed by atoms with E-state index in [1.54, 1.807) is 0 Å². The SMILES string of the molecule is Cc1c(-c2ccc(OC(=O)C(C)(C)C)cc2)n(Cc2ccc(OCCN3CCCC3)cc2)c2ccc(OCc3ccccc3)cc12. The number of hydrogen-bond acceptors (Lipinski definition) is 5.